The molecule has 154 valence electrons. The molecule has 0 aliphatic heterocycles. The molecule has 0 aliphatic rings. The summed E-state index contributed by atoms with van der Waals surface area (Å²) in [5, 5.41) is 22.2. The second-order valence-corrected chi connectivity index (χ2v) is 5.28. The first-order chi connectivity index (χ1) is 13.5. The SMILES string of the molecule is COc1ccc([N+](=O)[O-])c(OC)c1C(=O)Oc1ccc(C(F)(F)F)cc1[N+](=O)[O-]. The molecular formula is C16H11F3N2O8. The summed E-state index contributed by atoms with van der Waals surface area (Å²) in [6.45, 7) is 0. The van der Waals surface area contributed by atoms with E-state index in [9.17, 15) is 38.2 Å². The van der Waals surface area contributed by atoms with Gasteiger partial charge in [0.1, 0.15) is 5.75 Å². The monoisotopic (exact) mass is 416 g/mol. The minimum absolute atomic E-state index is 0.199. The molecule has 0 saturated carbocycles. The highest BCUT2D eigenvalue weighted by atomic mass is 19.4. The van der Waals surface area contributed by atoms with Gasteiger partial charge < -0.3 is 14.2 Å². The van der Waals surface area contributed by atoms with Gasteiger partial charge in [-0.05, 0) is 18.2 Å². The number of methoxy groups -OCH3 is 2. The maximum atomic E-state index is 12.8. The van der Waals surface area contributed by atoms with Gasteiger partial charge >= 0.3 is 23.5 Å². The van der Waals surface area contributed by atoms with E-state index in [0.29, 0.717) is 12.1 Å². The molecule has 0 saturated heterocycles. The molecule has 0 bridgehead atoms. The Morgan fingerprint density at radius 3 is 2.00 bits per heavy atom. The molecular weight excluding hydrogens is 405 g/mol. The highest BCUT2D eigenvalue weighted by Gasteiger charge is 2.35. The van der Waals surface area contributed by atoms with Gasteiger partial charge in [0.15, 0.2) is 5.56 Å². The summed E-state index contributed by atoms with van der Waals surface area (Å²) in [5.41, 5.74) is -3.65. The summed E-state index contributed by atoms with van der Waals surface area (Å²) in [4.78, 5) is 32.8. The van der Waals surface area contributed by atoms with Crippen LogP contribution in [0.3, 0.4) is 0 Å². The number of carbonyl (C=O) groups is 1. The number of benzene rings is 2. The molecule has 13 heteroatoms. The summed E-state index contributed by atoms with van der Waals surface area (Å²) in [6, 6.07) is 3.34. The Morgan fingerprint density at radius 1 is 0.931 bits per heavy atom. The predicted octanol–water partition coefficient (Wildman–Crippen LogP) is 3.76. The lowest BCUT2D eigenvalue weighted by Gasteiger charge is -2.13. The van der Waals surface area contributed by atoms with Crippen LogP contribution in [0.15, 0.2) is 30.3 Å². The molecule has 0 aliphatic carbocycles. The highest BCUT2D eigenvalue weighted by Crippen LogP contribution is 2.40. The molecule has 0 N–H and O–H groups in total. The van der Waals surface area contributed by atoms with E-state index in [4.69, 9.17) is 14.2 Å². The number of hydrogen-bond acceptors (Lipinski definition) is 8. The van der Waals surface area contributed by atoms with Gasteiger partial charge in [-0.25, -0.2) is 4.79 Å². The molecule has 0 atom stereocenters. The fourth-order valence-corrected chi connectivity index (χ4v) is 2.34. The molecule has 2 rings (SSSR count). The second kappa shape index (κ2) is 8.00. The maximum Gasteiger partial charge on any atom is 0.416 e. The van der Waals surface area contributed by atoms with Crippen molar-refractivity contribution in [3.63, 3.8) is 0 Å². The Bertz CT molecular complexity index is 991. The lowest BCUT2D eigenvalue weighted by Crippen LogP contribution is -2.14. The third-order valence-electron chi connectivity index (χ3n) is 3.61. The quantitative estimate of drug-likeness (QED) is 0.301. The van der Waals surface area contributed by atoms with Crippen LogP contribution in [0.5, 0.6) is 17.2 Å². The number of carbonyl (C=O) groups excluding carboxylic acids is 1. The first-order valence-corrected chi connectivity index (χ1v) is 7.48. The Hall–Kier alpha value is -3.90. The normalized spacial score (nSPS) is 10.9. The van der Waals surface area contributed by atoms with E-state index in [1.807, 2.05) is 0 Å². The van der Waals surface area contributed by atoms with E-state index in [0.717, 1.165) is 26.4 Å². The molecule has 2 aromatic rings. The Morgan fingerprint density at radius 2 is 1.52 bits per heavy atom. The van der Waals surface area contributed by atoms with Crippen LogP contribution < -0.4 is 14.2 Å². The fraction of sp³-hybridized carbons (Fsp3) is 0.188. The van der Waals surface area contributed by atoms with Gasteiger partial charge in [0.25, 0.3) is 0 Å². The smallest absolute Gasteiger partial charge is 0.416 e. The van der Waals surface area contributed by atoms with E-state index >= 15 is 0 Å². The molecule has 2 aromatic carbocycles. The number of halogens is 3. The molecule has 0 unspecified atom stereocenters. The number of alkyl halides is 3. The zero-order valence-electron chi connectivity index (χ0n) is 14.7. The van der Waals surface area contributed by atoms with Crippen molar-refractivity contribution >= 4 is 17.3 Å². The summed E-state index contributed by atoms with van der Waals surface area (Å²) in [6.07, 6.45) is -4.86. The lowest BCUT2D eigenvalue weighted by molar-refractivity contribution is -0.385. The van der Waals surface area contributed by atoms with Gasteiger partial charge in [0, 0.05) is 12.1 Å². The van der Waals surface area contributed by atoms with Gasteiger partial charge in [0.2, 0.25) is 11.5 Å². The zero-order valence-corrected chi connectivity index (χ0v) is 14.7. The van der Waals surface area contributed by atoms with Gasteiger partial charge in [-0.2, -0.15) is 13.2 Å². The van der Waals surface area contributed by atoms with Crippen molar-refractivity contribution in [3.05, 3.63) is 61.7 Å². The number of ether oxygens (including phenoxy) is 3. The van der Waals surface area contributed by atoms with Crippen molar-refractivity contribution < 1.29 is 42.0 Å². The Balaban J connectivity index is 2.57. The first kappa shape index (κ1) is 21.4. The van der Waals surface area contributed by atoms with Crippen LogP contribution in [0.25, 0.3) is 0 Å². The first-order valence-electron chi connectivity index (χ1n) is 7.48. The van der Waals surface area contributed by atoms with Crippen LogP contribution in [0.2, 0.25) is 0 Å². The average Bonchev–Trinajstić information content (AvgIpc) is 2.65. The fourth-order valence-electron chi connectivity index (χ4n) is 2.34. The van der Waals surface area contributed by atoms with Crippen molar-refractivity contribution in [1.29, 1.82) is 0 Å². The third kappa shape index (κ3) is 4.34. The molecule has 0 heterocycles. The zero-order chi connectivity index (χ0) is 21.9. The number of hydrogen-bond donors (Lipinski definition) is 0. The predicted molar refractivity (Wildman–Crippen MR) is 89.3 cm³/mol. The molecule has 0 amide bonds. The van der Waals surface area contributed by atoms with Gasteiger partial charge in [-0.3, -0.25) is 20.2 Å². The lowest BCUT2D eigenvalue weighted by atomic mass is 10.1. The maximum absolute atomic E-state index is 12.8. The number of rotatable bonds is 6. The largest absolute Gasteiger partial charge is 0.496 e. The summed E-state index contributed by atoms with van der Waals surface area (Å²) in [5.74, 6) is -2.94. The van der Waals surface area contributed by atoms with Gasteiger partial charge in [0.05, 0.1) is 29.6 Å². The standard InChI is InChI=1S/C16H11F3N2O8/c1-27-12-6-4-9(20(23)24)14(28-2)13(12)15(22)29-11-5-3-8(16(17,18)19)7-10(11)21(25)26/h3-7H,1-2H3. The molecule has 0 fully saturated rings. The van der Waals surface area contributed by atoms with Crippen molar-refractivity contribution in [1.82, 2.24) is 0 Å². The molecule has 10 nitrogen and oxygen atoms in total. The van der Waals surface area contributed by atoms with Crippen LogP contribution in [0.1, 0.15) is 15.9 Å². The van der Waals surface area contributed by atoms with E-state index in [1.54, 1.807) is 0 Å². The van der Waals surface area contributed by atoms with Crippen molar-refractivity contribution in [2.75, 3.05) is 14.2 Å². The van der Waals surface area contributed by atoms with Gasteiger partial charge in [-0.15, -0.1) is 0 Å². The van der Waals surface area contributed by atoms with Crippen LogP contribution >= 0.6 is 0 Å². The van der Waals surface area contributed by atoms with Crippen LogP contribution in [0, 0.1) is 20.2 Å². The Labute approximate surface area is 159 Å². The highest BCUT2D eigenvalue weighted by molar-refractivity contribution is 5.98. The van der Waals surface area contributed by atoms with Crippen LogP contribution in [-0.4, -0.2) is 30.0 Å². The number of nitro groups is 2. The summed E-state index contributed by atoms with van der Waals surface area (Å²) >= 11 is 0. The number of nitrogens with zero attached hydrogens (tertiary/aromatic N) is 2. The molecule has 0 radical (unpaired) electrons. The van der Waals surface area contributed by atoms with E-state index in [-0.39, 0.29) is 11.8 Å². The molecule has 0 aromatic heterocycles. The Kier molecular flexibility index (Phi) is 5.90. The molecule has 29 heavy (non-hydrogen) atoms. The minimum atomic E-state index is -4.86. The second-order valence-electron chi connectivity index (χ2n) is 5.28. The number of nitro benzene ring substituents is 2. The van der Waals surface area contributed by atoms with Crippen LogP contribution in [0.4, 0.5) is 24.5 Å². The van der Waals surface area contributed by atoms with Crippen LogP contribution in [-0.2, 0) is 6.18 Å². The molecule has 0 spiro atoms. The van der Waals surface area contributed by atoms with E-state index in [1.165, 1.54) is 0 Å². The van der Waals surface area contributed by atoms with Gasteiger partial charge in [-0.1, -0.05) is 0 Å². The summed E-state index contributed by atoms with van der Waals surface area (Å²) in [7, 11) is 2.16. The van der Waals surface area contributed by atoms with Crippen molar-refractivity contribution in [3.8, 4) is 17.2 Å². The van der Waals surface area contributed by atoms with E-state index in [2.05, 4.69) is 0 Å². The third-order valence-corrected chi connectivity index (χ3v) is 3.61. The summed E-state index contributed by atoms with van der Waals surface area (Å²) < 4.78 is 53.0. The van der Waals surface area contributed by atoms with Crippen molar-refractivity contribution in [2.24, 2.45) is 0 Å². The minimum Gasteiger partial charge on any atom is -0.496 e. The van der Waals surface area contributed by atoms with Crippen molar-refractivity contribution in [2.45, 2.75) is 6.18 Å². The topological polar surface area (TPSA) is 131 Å². The number of esters is 1. The average molecular weight is 416 g/mol. The van der Waals surface area contributed by atoms with E-state index < -0.39 is 56.0 Å².